The van der Waals surface area contributed by atoms with Crippen molar-refractivity contribution in [2.24, 2.45) is 0 Å². The highest BCUT2D eigenvalue weighted by atomic mass is 32.1. The first kappa shape index (κ1) is 12.3. The number of morpholine rings is 1. The van der Waals surface area contributed by atoms with E-state index in [0.29, 0.717) is 25.4 Å². The zero-order chi connectivity index (χ0) is 13.1. The van der Waals surface area contributed by atoms with Crippen LogP contribution in [0.3, 0.4) is 0 Å². The fourth-order valence-electron chi connectivity index (χ4n) is 2.18. The SMILES string of the molecule is O=C(c1cscn1)N1CCOC(c2ccccc2)C1. The molecule has 1 saturated heterocycles. The van der Waals surface area contributed by atoms with Crippen LogP contribution in [0.15, 0.2) is 41.2 Å². The summed E-state index contributed by atoms with van der Waals surface area (Å²) in [6, 6.07) is 10.0. The lowest BCUT2D eigenvalue weighted by molar-refractivity contribution is -0.0229. The number of hydrogen-bond acceptors (Lipinski definition) is 4. The molecule has 1 aliphatic heterocycles. The van der Waals surface area contributed by atoms with Gasteiger partial charge in [0.15, 0.2) is 0 Å². The van der Waals surface area contributed by atoms with E-state index in [9.17, 15) is 4.79 Å². The second kappa shape index (κ2) is 5.50. The predicted molar refractivity (Wildman–Crippen MR) is 73.2 cm³/mol. The molecule has 19 heavy (non-hydrogen) atoms. The van der Waals surface area contributed by atoms with E-state index in [-0.39, 0.29) is 12.0 Å². The van der Waals surface area contributed by atoms with Crippen LogP contribution in [-0.2, 0) is 4.74 Å². The Bertz CT molecular complexity index is 542. The molecule has 1 aromatic carbocycles. The van der Waals surface area contributed by atoms with Crippen molar-refractivity contribution in [3.05, 3.63) is 52.5 Å². The summed E-state index contributed by atoms with van der Waals surface area (Å²) >= 11 is 1.44. The van der Waals surface area contributed by atoms with E-state index in [0.717, 1.165) is 5.56 Å². The zero-order valence-corrected chi connectivity index (χ0v) is 11.2. The lowest BCUT2D eigenvalue weighted by atomic mass is 10.1. The molecule has 0 aliphatic carbocycles. The molecule has 0 saturated carbocycles. The number of ether oxygens (including phenoxy) is 1. The van der Waals surface area contributed by atoms with Crippen molar-refractivity contribution in [3.8, 4) is 0 Å². The van der Waals surface area contributed by atoms with Crippen molar-refractivity contribution in [2.45, 2.75) is 6.10 Å². The molecule has 2 heterocycles. The molecule has 1 amide bonds. The van der Waals surface area contributed by atoms with E-state index in [1.807, 2.05) is 35.2 Å². The van der Waals surface area contributed by atoms with Gasteiger partial charge >= 0.3 is 0 Å². The Morgan fingerprint density at radius 2 is 2.21 bits per heavy atom. The molecule has 5 heteroatoms. The van der Waals surface area contributed by atoms with Gasteiger partial charge < -0.3 is 9.64 Å². The van der Waals surface area contributed by atoms with Crippen LogP contribution < -0.4 is 0 Å². The first-order valence-electron chi connectivity index (χ1n) is 6.18. The molecule has 1 aromatic heterocycles. The van der Waals surface area contributed by atoms with Crippen LogP contribution >= 0.6 is 11.3 Å². The second-order valence-electron chi connectivity index (χ2n) is 4.39. The highest BCUT2D eigenvalue weighted by molar-refractivity contribution is 7.07. The highest BCUT2D eigenvalue weighted by Gasteiger charge is 2.26. The number of thiazole rings is 1. The summed E-state index contributed by atoms with van der Waals surface area (Å²) in [5, 5.41) is 1.79. The van der Waals surface area contributed by atoms with Crippen molar-refractivity contribution in [3.63, 3.8) is 0 Å². The Morgan fingerprint density at radius 1 is 1.37 bits per heavy atom. The van der Waals surface area contributed by atoms with Crippen LogP contribution in [0.5, 0.6) is 0 Å². The van der Waals surface area contributed by atoms with Crippen molar-refractivity contribution in [1.29, 1.82) is 0 Å². The predicted octanol–water partition coefficient (Wildman–Crippen LogP) is 2.36. The van der Waals surface area contributed by atoms with Crippen molar-refractivity contribution in [2.75, 3.05) is 19.7 Å². The van der Waals surface area contributed by atoms with Gasteiger partial charge in [-0.1, -0.05) is 30.3 Å². The standard InChI is InChI=1S/C14H14N2O2S/c17-14(12-9-19-10-15-12)16-6-7-18-13(8-16)11-4-2-1-3-5-11/h1-5,9-10,13H,6-8H2. The molecular formula is C14H14N2O2S. The molecule has 0 bridgehead atoms. The van der Waals surface area contributed by atoms with Gasteiger partial charge in [0.2, 0.25) is 0 Å². The number of carbonyl (C=O) groups is 1. The molecule has 1 fully saturated rings. The summed E-state index contributed by atoms with van der Waals surface area (Å²) in [6.45, 7) is 1.77. The number of carbonyl (C=O) groups excluding carboxylic acids is 1. The Morgan fingerprint density at radius 3 is 2.95 bits per heavy atom. The molecular weight excluding hydrogens is 260 g/mol. The number of nitrogens with zero attached hydrogens (tertiary/aromatic N) is 2. The fourth-order valence-corrected chi connectivity index (χ4v) is 2.71. The molecule has 4 nitrogen and oxygen atoms in total. The minimum absolute atomic E-state index is 0.00881. The van der Waals surface area contributed by atoms with Crippen LogP contribution in [0.25, 0.3) is 0 Å². The average Bonchev–Trinajstić information content (AvgIpc) is 3.02. The van der Waals surface area contributed by atoms with E-state index >= 15 is 0 Å². The number of benzene rings is 1. The normalized spacial score (nSPS) is 19.4. The highest BCUT2D eigenvalue weighted by Crippen LogP contribution is 2.22. The second-order valence-corrected chi connectivity index (χ2v) is 5.11. The monoisotopic (exact) mass is 274 g/mol. The number of aromatic nitrogens is 1. The van der Waals surface area contributed by atoms with Crippen LogP contribution in [0.2, 0.25) is 0 Å². The maximum absolute atomic E-state index is 12.3. The number of hydrogen-bond donors (Lipinski definition) is 0. The van der Waals surface area contributed by atoms with Crippen molar-refractivity contribution < 1.29 is 9.53 Å². The van der Waals surface area contributed by atoms with Crippen molar-refractivity contribution >= 4 is 17.2 Å². The van der Waals surface area contributed by atoms with Crippen LogP contribution in [0.4, 0.5) is 0 Å². The zero-order valence-electron chi connectivity index (χ0n) is 10.4. The minimum Gasteiger partial charge on any atom is -0.370 e. The lowest BCUT2D eigenvalue weighted by Gasteiger charge is -2.32. The first-order chi connectivity index (χ1) is 9.34. The Kier molecular flexibility index (Phi) is 3.57. The fraction of sp³-hybridized carbons (Fsp3) is 0.286. The third-order valence-corrected chi connectivity index (χ3v) is 3.76. The number of rotatable bonds is 2. The summed E-state index contributed by atoms with van der Waals surface area (Å²) < 4.78 is 5.75. The molecule has 3 rings (SSSR count). The molecule has 0 radical (unpaired) electrons. The van der Waals surface area contributed by atoms with Gasteiger partial charge in [0.25, 0.3) is 5.91 Å². The summed E-state index contributed by atoms with van der Waals surface area (Å²) in [5.41, 5.74) is 3.32. The van der Waals surface area contributed by atoms with Crippen molar-refractivity contribution in [1.82, 2.24) is 9.88 Å². The van der Waals surface area contributed by atoms with Gasteiger partial charge in [-0.2, -0.15) is 0 Å². The van der Waals surface area contributed by atoms with E-state index < -0.39 is 0 Å². The largest absolute Gasteiger partial charge is 0.370 e. The van der Waals surface area contributed by atoms with Gasteiger partial charge in [-0.05, 0) is 5.56 Å². The smallest absolute Gasteiger partial charge is 0.273 e. The Balaban J connectivity index is 1.73. The first-order valence-corrected chi connectivity index (χ1v) is 7.13. The van der Waals surface area contributed by atoms with Gasteiger partial charge in [-0.15, -0.1) is 11.3 Å². The average molecular weight is 274 g/mol. The van der Waals surface area contributed by atoms with Gasteiger partial charge in [0.1, 0.15) is 11.8 Å². The van der Waals surface area contributed by atoms with Gasteiger partial charge in [-0.25, -0.2) is 4.98 Å². The summed E-state index contributed by atoms with van der Waals surface area (Å²) in [5.74, 6) is -0.00881. The molecule has 1 aliphatic rings. The Hall–Kier alpha value is -1.72. The van der Waals surface area contributed by atoms with Crippen LogP contribution in [0.1, 0.15) is 22.2 Å². The molecule has 1 unspecified atom stereocenters. The summed E-state index contributed by atoms with van der Waals surface area (Å²) in [4.78, 5) is 18.1. The topological polar surface area (TPSA) is 42.4 Å². The third-order valence-electron chi connectivity index (χ3n) is 3.18. The summed E-state index contributed by atoms with van der Waals surface area (Å²) in [7, 11) is 0. The van der Waals surface area contributed by atoms with E-state index in [1.54, 1.807) is 10.9 Å². The van der Waals surface area contributed by atoms with E-state index in [2.05, 4.69) is 4.98 Å². The quantitative estimate of drug-likeness (QED) is 0.844. The summed E-state index contributed by atoms with van der Waals surface area (Å²) in [6.07, 6.45) is -0.0439. The van der Waals surface area contributed by atoms with E-state index in [1.165, 1.54) is 11.3 Å². The molecule has 0 spiro atoms. The third kappa shape index (κ3) is 2.67. The number of amides is 1. The van der Waals surface area contributed by atoms with Gasteiger partial charge in [-0.3, -0.25) is 4.79 Å². The Labute approximate surface area is 115 Å². The van der Waals surface area contributed by atoms with Crippen LogP contribution in [-0.4, -0.2) is 35.5 Å². The maximum atomic E-state index is 12.3. The van der Waals surface area contributed by atoms with E-state index in [4.69, 9.17) is 4.74 Å². The van der Waals surface area contributed by atoms with Gasteiger partial charge in [0, 0.05) is 11.9 Å². The molecule has 98 valence electrons. The molecule has 2 aromatic rings. The van der Waals surface area contributed by atoms with Gasteiger partial charge in [0.05, 0.1) is 18.7 Å². The molecule has 1 atom stereocenters. The maximum Gasteiger partial charge on any atom is 0.273 e. The lowest BCUT2D eigenvalue weighted by Crippen LogP contribution is -2.42. The minimum atomic E-state index is -0.0439. The molecule has 0 N–H and O–H groups in total. The van der Waals surface area contributed by atoms with Crippen LogP contribution in [0, 0.1) is 0 Å².